The number of amides is 1. The van der Waals surface area contributed by atoms with Crippen LogP contribution in [0, 0.1) is 0 Å². The molecule has 1 unspecified atom stereocenters. The Morgan fingerprint density at radius 3 is 2.21 bits per heavy atom. The van der Waals surface area contributed by atoms with Crippen LogP contribution < -0.4 is 5.32 Å². The lowest BCUT2D eigenvalue weighted by Gasteiger charge is -2.19. The molecule has 0 saturated carbocycles. The minimum atomic E-state index is -0.133. The molecule has 0 bridgehead atoms. The second-order valence-electron chi connectivity index (χ2n) is 4.32. The van der Waals surface area contributed by atoms with Gasteiger partial charge >= 0.3 is 0 Å². The second-order valence-corrected chi connectivity index (χ2v) is 4.75. The highest BCUT2D eigenvalue weighted by molar-refractivity contribution is 6.30. The molecule has 98 valence electrons. The van der Waals surface area contributed by atoms with Crippen molar-refractivity contribution in [3.05, 3.63) is 70.7 Å². The number of carbonyl (C=O) groups excluding carboxylic acids is 1. The van der Waals surface area contributed by atoms with Gasteiger partial charge in [0.25, 0.3) is 0 Å². The van der Waals surface area contributed by atoms with E-state index in [1.807, 2.05) is 61.5 Å². The van der Waals surface area contributed by atoms with Crippen molar-refractivity contribution in [2.45, 2.75) is 19.4 Å². The van der Waals surface area contributed by atoms with Crippen molar-refractivity contribution in [1.82, 2.24) is 5.32 Å². The van der Waals surface area contributed by atoms with Crippen LogP contribution in [-0.4, -0.2) is 5.91 Å². The summed E-state index contributed by atoms with van der Waals surface area (Å²) in [6.07, 6.45) is 0.469. The van der Waals surface area contributed by atoms with Gasteiger partial charge in [0.1, 0.15) is 0 Å². The minimum absolute atomic E-state index is 0.0313. The molecule has 0 aromatic heterocycles. The van der Waals surface area contributed by atoms with E-state index in [1.165, 1.54) is 0 Å². The van der Waals surface area contributed by atoms with Crippen LogP contribution in [0.5, 0.6) is 0 Å². The van der Waals surface area contributed by atoms with E-state index in [1.54, 1.807) is 0 Å². The summed E-state index contributed by atoms with van der Waals surface area (Å²) in [4.78, 5) is 11.7. The Morgan fingerprint density at radius 1 is 1.05 bits per heavy atom. The molecule has 19 heavy (non-hydrogen) atoms. The predicted molar refractivity (Wildman–Crippen MR) is 78.2 cm³/mol. The van der Waals surface area contributed by atoms with Crippen LogP contribution in [0.2, 0.25) is 5.02 Å². The Morgan fingerprint density at radius 2 is 1.63 bits per heavy atom. The van der Waals surface area contributed by atoms with Gasteiger partial charge in [-0.25, -0.2) is 0 Å². The van der Waals surface area contributed by atoms with E-state index < -0.39 is 0 Å². The number of hydrogen-bond donors (Lipinski definition) is 1. The van der Waals surface area contributed by atoms with Crippen LogP contribution in [0.25, 0.3) is 0 Å². The van der Waals surface area contributed by atoms with Gasteiger partial charge in [-0.15, -0.1) is 0 Å². The lowest BCUT2D eigenvalue weighted by Crippen LogP contribution is -2.28. The molecule has 1 amide bonds. The number of halogens is 1. The summed E-state index contributed by atoms with van der Waals surface area (Å²) in [6, 6.07) is 17.3. The van der Waals surface area contributed by atoms with Gasteiger partial charge in [0, 0.05) is 11.4 Å². The molecule has 2 nitrogen and oxygen atoms in total. The fraction of sp³-hybridized carbons (Fsp3) is 0.188. The van der Waals surface area contributed by atoms with Crippen LogP contribution in [0.15, 0.2) is 54.6 Å². The van der Waals surface area contributed by atoms with E-state index >= 15 is 0 Å². The quantitative estimate of drug-likeness (QED) is 0.898. The summed E-state index contributed by atoms with van der Waals surface area (Å²) < 4.78 is 0. The molecule has 0 aliphatic carbocycles. The molecule has 1 N–H and O–H groups in total. The highest BCUT2D eigenvalue weighted by atomic mass is 35.5. The summed E-state index contributed by atoms with van der Waals surface area (Å²) in [5, 5.41) is 3.73. The molecule has 3 heteroatoms. The van der Waals surface area contributed by atoms with Gasteiger partial charge in [-0.3, -0.25) is 4.79 Å². The number of benzene rings is 2. The monoisotopic (exact) mass is 273 g/mol. The summed E-state index contributed by atoms with van der Waals surface area (Å²) >= 11 is 5.91. The molecule has 2 aromatic carbocycles. The Bertz CT molecular complexity index is 536. The van der Waals surface area contributed by atoms with Gasteiger partial charge in [-0.1, -0.05) is 61.0 Å². The molecule has 1 atom stereocenters. The molecular weight excluding hydrogens is 258 g/mol. The first kappa shape index (κ1) is 13.6. The van der Waals surface area contributed by atoms with Crippen molar-refractivity contribution < 1.29 is 4.79 Å². The van der Waals surface area contributed by atoms with Crippen molar-refractivity contribution in [2.24, 2.45) is 0 Å². The topological polar surface area (TPSA) is 29.1 Å². The molecule has 0 spiro atoms. The first-order chi connectivity index (χ1) is 9.20. The second kappa shape index (κ2) is 6.39. The standard InChI is InChI=1S/C16H16ClNO/c1-2-15(19)18-16(12-6-4-3-5-7-12)13-8-10-14(17)11-9-13/h3-11,16H,2H2,1H3,(H,18,19). The van der Waals surface area contributed by atoms with Gasteiger partial charge in [-0.05, 0) is 23.3 Å². The average Bonchev–Trinajstić information content (AvgIpc) is 2.46. The fourth-order valence-corrected chi connectivity index (χ4v) is 2.05. The molecule has 0 radical (unpaired) electrons. The molecule has 2 aromatic rings. The largest absolute Gasteiger partial charge is 0.345 e. The zero-order valence-electron chi connectivity index (χ0n) is 10.8. The molecule has 0 saturated heterocycles. The Labute approximate surface area is 118 Å². The van der Waals surface area contributed by atoms with Gasteiger partial charge in [-0.2, -0.15) is 0 Å². The van der Waals surface area contributed by atoms with Crippen molar-refractivity contribution in [1.29, 1.82) is 0 Å². The maximum Gasteiger partial charge on any atom is 0.220 e. The predicted octanol–water partition coefficient (Wildman–Crippen LogP) is 3.96. The van der Waals surface area contributed by atoms with Crippen molar-refractivity contribution in [2.75, 3.05) is 0 Å². The van der Waals surface area contributed by atoms with Gasteiger partial charge in [0.05, 0.1) is 6.04 Å². The lowest BCUT2D eigenvalue weighted by molar-refractivity contribution is -0.121. The summed E-state index contributed by atoms with van der Waals surface area (Å²) in [6.45, 7) is 1.85. The smallest absolute Gasteiger partial charge is 0.220 e. The number of nitrogens with one attached hydrogen (secondary N) is 1. The summed E-state index contributed by atoms with van der Waals surface area (Å²) in [7, 11) is 0. The van der Waals surface area contributed by atoms with Crippen molar-refractivity contribution in [3.8, 4) is 0 Å². The SMILES string of the molecule is CCC(=O)NC(c1ccccc1)c1ccc(Cl)cc1. The normalized spacial score (nSPS) is 11.9. The molecule has 0 heterocycles. The van der Waals surface area contributed by atoms with Gasteiger partial charge in [0.15, 0.2) is 0 Å². The lowest BCUT2D eigenvalue weighted by atomic mass is 9.98. The number of hydrogen-bond acceptors (Lipinski definition) is 1. The Hall–Kier alpha value is -1.80. The Balaban J connectivity index is 2.34. The van der Waals surface area contributed by atoms with Gasteiger partial charge < -0.3 is 5.32 Å². The first-order valence-electron chi connectivity index (χ1n) is 6.30. The van der Waals surface area contributed by atoms with Crippen LogP contribution in [0.3, 0.4) is 0 Å². The maximum atomic E-state index is 11.7. The highest BCUT2D eigenvalue weighted by Crippen LogP contribution is 2.23. The highest BCUT2D eigenvalue weighted by Gasteiger charge is 2.15. The minimum Gasteiger partial charge on any atom is -0.345 e. The van der Waals surface area contributed by atoms with Crippen LogP contribution in [0.4, 0.5) is 0 Å². The third-order valence-corrected chi connectivity index (χ3v) is 3.21. The maximum absolute atomic E-state index is 11.7. The van der Waals surface area contributed by atoms with Crippen LogP contribution in [-0.2, 0) is 4.79 Å². The number of rotatable bonds is 4. The average molecular weight is 274 g/mol. The zero-order valence-corrected chi connectivity index (χ0v) is 11.5. The zero-order chi connectivity index (χ0) is 13.7. The third kappa shape index (κ3) is 3.58. The van der Waals surface area contributed by atoms with Crippen molar-refractivity contribution >= 4 is 17.5 Å². The van der Waals surface area contributed by atoms with E-state index in [2.05, 4.69) is 5.32 Å². The fourth-order valence-electron chi connectivity index (χ4n) is 1.92. The molecular formula is C16H16ClNO. The van der Waals surface area contributed by atoms with E-state index in [0.29, 0.717) is 11.4 Å². The van der Waals surface area contributed by atoms with Crippen molar-refractivity contribution in [3.63, 3.8) is 0 Å². The van der Waals surface area contributed by atoms with E-state index in [0.717, 1.165) is 11.1 Å². The van der Waals surface area contributed by atoms with E-state index in [-0.39, 0.29) is 11.9 Å². The van der Waals surface area contributed by atoms with Crippen LogP contribution >= 0.6 is 11.6 Å². The molecule has 0 aliphatic rings. The third-order valence-electron chi connectivity index (χ3n) is 2.96. The summed E-state index contributed by atoms with van der Waals surface area (Å²) in [5.41, 5.74) is 2.09. The van der Waals surface area contributed by atoms with Gasteiger partial charge in [0.2, 0.25) is 5.91 Å². The van der Waals surface area contributed by atoms with E-state index in [9.17, 15) is 4.79 Å². The number of carbonyl (C=O) groups is 1. The van der Waals surface area contributed by atoms with E-state index in [4.69, 9.17) is 11.6 Å². The van der Waals surface area contributed by atoms with Crippen LogP contribution in [0.1, 0.15) is 30.5 Å². The summed E-state index contributed by atoms with van der Waals surface area (Å²) in [5.74, 6) is 0.0313. The molecule has 0 aliphatic heterocycles. The molecule has 2 rings (SSSR count). The first-order valence-corrected chi connectivity index (χ1v) is 6.68. The molecule has 0 fully saturated rings. The Kier molecular flexibility index (Phi) is 4.58.